The van der Waals surface area contributed by atoms with Crippen molar-refractivity contribution in [1.29, 1.82) is 0 Å². The lowest BCUT2D eigenvalue weighted by molar-refractivity contribution is -0.194. The molecule has 37 heavy (non-hydrogen) atoms. The van der Waals surface area contributed by atoms with Crippen LogP contribution in [0.4, 0.5) is 37.3 Å². The van der Waals surface area contributed by atoms with Crippen molar-refractivity contribution in [3.63, 3.8) is 0 Å². The number of aromatic nitrogens is 4. The Kier molecular flexibility index (Phi) is 4.43. The van der Waals surface area contributed by atoms with E-state index >= 15 is 0 Å². The van der Waals surface area contributed by atoms with Crippen LogP contribution < -0.4 is 15.0 Å². The maximum Gasteiger partial charge on any atom is 0.433 e. The molecule has 3 aliphatic carbocycles. The molecule has 196 valence electrons. The van der Waals surface area contributed by atoms with Crippen molar-refractivity contribution in [1.82, 2.24) is 19.0 Å². The minimum absolute atomic E-state index is 0.00367. The highest BCUT2D eigenvalue weighted by Gasteiger charge is 2.70. The monoisotopic (exact) mass is 542 g/mol. The largest absolute Gasteiger partial charge is 0.489 e. The van der Waals surface area contributed by atoms with Crippen molar-refractivity contribution in [2.24, 2.45) is 16.7 Å². The summed E-state index contributed by atoms with van der Waals surface area (Å²) in [6.45, 7) is 2.85. The lowest BCUT2D eigenvalue weighted by Gasteiger charge is -2.38. The van der Waals surface area contributed by atoms with Gasteiger partial charge in [-0.15, -0.1) is 5.10 Å². The van der Waals surface area contributed by atoms with Gasteiger partial charge in [0.2, 0.25) is 5.95 Å². The van der Waals surface area contributed by atoms with Gasteiger partial charge in [-0.25, -0.2) is 4.52 Å². The van der Waals surface area contributed by atoms with Gasteiger partial charge in [0.25, 0.3) is 0 Å². The van der Waals surface area contributed by atoms with Crippen LogP contribution in [-0.2, 0) is 6.18 Å². The summed E-state index contributed by atoms with van der Waals surface area (Å²) in [5.41, 5.74) is -1.21. The highest BCUT2D eigenvalue weighted by atomic mass is 32.1. The molecule has 0 aromatic carbocycles. The normalized spacial score (nSPS) is 27.4. The molecule has 1 aliphatic heterocycles. The summed E-state index contributed by atoms with van der Waals surface area (Å²) in [6.07, 6.45) is -7.16. The van der Waals surface area contributed by atoms with Gasteiger partial charge in [-0.1, -0.05) is 6.08 Å². The summed E-state index contributed by atoms with van der Waals surface area (Å²) in [4.78, 5) is 6.49. The number of anilines is 2. The highest BCUT2D eigenvalue weighted by Crippen LogP contribution is 2.68. The molecule has 3 aromatic rings. The Morgan fingerprint density at radius 3 is 2.62 bits per heavy atom. The molecule has 4 aliphatic rings. The third-order valence-corrected chi connectivity index (χ3v) is 8.99. The molecule has 3 fully saturated rings. The molecule has 4 heterocycles. The molecule has 3 atom stereocenters. The second-order valence-electron chi connectivity index (χ2n) is 10.4. The van der Waals surface area contributed by atoms with Gasteiger partial charge in [-0.3, -0.25) is 0 Å². The molecule has 1 spiro atoms. The van der Waals surface area contributed by atoms with E-state index in [2.05, 4.69) is 30.7 Å². The third kappa shape index (κ3) is 3.36. The van der Waals surface area contributed by atoms with Crippen LogP contribution in [0.2, 0.25) is 0 Å². The molecule has 0 bridgehead atoms. The van der Waals surface area contributed by atoms with Gasteiger partial charge in [-0.05, 0) is 55.1 Å². The summed E-state index contributed by atoms with van der Waals surface area (Å²) in [5.74, 6) is -0.00176. The van der Waals surface area contributed by atoms with Gasteiger partial charge in [0.05, 0.1) is 11.7 Å². The summed E-state index contributed by atoms with van der Waals surface area (Å²) in [6, 6.07) is 3.66. The topological polar surface area (TPSA) is 67.6 Å². The van der Waals surface area contributed by atoms with Crippen molar-refractivity contribution in [2.75, 3.05) is 29.9 Å². The van der Waals surface area contributed by atoms with Crippen LogP contribution in [0.15, 0.2) is 29.8 Å². The predicted molar refractivity (Wildman–Crippen MR) is 122 cm³/mol. The van der Waals surface area contributed by atoms with Crippen LogP contribution in [0.3, 0.4) is 0 Å². The zero-order chi connectivity index (χ0) is 26.0. The van der Waals surface area contributed by atoms with Crippen LogP contribution in [0.5, 0.6) is 5.75 Å². The molecule has 2 saturated carbocycles. The SMILES string of the molecule is Cc1cc(N2C[C@H]3[C@H](Nc4nc5c(OCC6(C(F)(F)F)CC6)ccc(C(F)(F)F)n5n4)C4=CC43C2)sn1. The van der Waals surface area contributed by atoms with Crippen LogP contribution in [0, 0.1) is 23.7 Å². The molecule has 14 heteroatoms. The number of halogens is 6. The Hall–Kier alpha value is -3.03. The summed E-state index contributed by atoms with van der Waals surface area (Å²) < 4.78 is 91.3. The molecule has 7 rings (SSSR count). The average molecular weight is 543 g/mol. The Bertz CT molecular complexity index is 1460. The van der Waals surface area contributed by atoms with Gasteiger partial charge in [-0.2, -0.15) is 35.7 Å². The summed E-state index contributed by atoms with van der Waals surface area (Å²) >= 11 is 1.44. The van der Waals surface area contributed by atoms with Gasteiger partial charge in [0, 0.05) is 24.4 Å². The number of nitrogens with one attached hydrogen (secondary N) is 1. The quantitative estimate of drug-likeness (QED) is 0.346. The fourth-order valence-electron chi connectivity index (χ4n) is 5.69. The first-order valence-corrected chi connectivity index (χ1v) is 12.5. The fraction of sp³-hybridized carbons (Fsp3) is 0.522. The van der Waals surface area contributed by atoms with E-state index < -0.39 is 30.1 Å². The lowest BCUT2D eigenvalue weighted by Crippen LogP contribution is -2.46. The van der Waals surface area contributed by atoms with Gasteiger partial charge >= 0.3 is 12.4 Å². The first kappa shape index (κ1) is 23.1. The van der Waals surface area contributed by atoms with Crippen LogP contribution >= 0.6 is 11.5 Å². The maximum absolute atomic E-state index is 13.7. The number of fused-ring (bicyclic) bond motifs is 1. The molecule has 0 radical (unpaired) electrons. The van der Waals surface area contributed by atoms with E-state index in [1.54, 1.807) is 0 Å². The first-order chi connectivity index (χ1) is 17.4. The standard InChI is InChI=1S/C23H20F6N6OS/c1-11-6-16(37-33-11)34-8-13-17(12-7-21(12,13)9-34)30-19-31-18-14(36-10-20(4-5-20)23(27,28)29)2-3-15(22(24,25)26)35(18)32-19/h2-3,6-7,13,17H,4-5,8-10H2,1H3,(H,30,32)/t13-,17+,21?/m0/s1. The van der Waals surface area contributed by atoms with E-state index in [1.165, 1.54) is 17.1 Å². The van der Waals surface area contributed by atoms with Crippen LogP contribution in [0.1, 0.15) is 24.2 Å². The van der Waals surface area contributed by atoms with E-state index in [9.17, 15) is 26.3 Å². The molecular weight excluding hydrogens is 522 g/mol. The number of rotatable bonds is 6. The summed E-state index contributed by atoms with van der Waals surface area (Å²) in [7, 11) is 0. The van der Waals surface area contributed by atoms with Crippen molar-refractivity contribution >= 4 is 28.1 Å². The van der Waals surface area contributed by atoms with E-state index in [-0.39, 0.29) is 47.6 Å². The zero-order valence-corrected chi connectivity index (χ0v) is 20.1. The number of hydrogen-bond acceptors (Lipinski definition) is 7. The maximum atomic E-state index is 13.7. The lowest BCUT2D eigenvalue weighted by atomic mass is 9.69. The fourth-order valence-corrected chi connectivity index (χ4v) is 6.46. The number of aryl methyl sites for hydroxylation is 1. The van der Waals surface area contributed by atoms with Crippen LogP contribution in [-0.4, -0.2) is 50.9 Å². The van der Waals surface area contributed by atoms with Gasteiger partial charge < -0.3 is 15.0 Å². The summed E-state index contributed by atoms with van der Waals surface area (Å²) in [5, 5.41) is 8.28. The zero-order valence-electron chi connectivity index (χ0n) is 19.3. The molecule has 1 unspecified atom stereocenters. The molecular formula is C23H20F6N6OS. The Morgan fingerprint density at radius 2 is 1.97 bits per heavy atom. The second kappa shape index (κ2) is 7.08. The second-order valence-corrected chi connectivity index (χ2v) is 11.2. The van der Waals surface area contributed by atoms with E-state index in [1.807, 2.05) is 13.0 Å². The third-order valence-electron chi connectivity index (χ3n) is 8.05. The number of hydrogen-bond donors (Lipinski definition) is 1. The number of alkyl halides is 6. The molecule has 3 aromatic heterocycles. The Balaban J connectivity index is 1.15. The van der Waals surface area contributed by atoms with E-state index in [0.29, 0.717) is 4.52 Å². The van der Waals surface area contributed by atoms with E-state index in [0.717, 1.165) is 35.9 Å². The minimum atomic E-state index is -4.74. The average Bonchev–Trinajstić information content (AvgIpc) is 3.53. The minimum Gasteiger partial charge on any atom is -0.489 e. The van der Waals surface area contributed by atoms with Crippen molar-refractivity contribution in [2.45, 2.75) is 38.2 Å². The van der Waals surface area contributed by atoms with Gasteiger partial charge in [0.1, 0.15) is 22.7 Å². The molecule has 7 nitrogen and oxygen atoms in total. The molecule has 1 saturated heterocycles. The van der Waals surface area contributed by atoms with Crippen molar-refractivity contribution < 1.29 is 31.1 Å². The highest BCUT2D eigenvalue weighted by molar-refractivity contribution is 7.10. The molecule has 0 amide bonds. The number of nitrogens with zero attached hydrogens (tertiary/aromatic N) is 5. The van der Waals surface area contributed by atoms with E-state index in [4.69, 9.17) is 4.74 Å². The Morgan fingerprint density at radius 1 is 1.19 bits per heavy atom. The van der Waals surface area contributed by atoms with Crippen molar-refractivity contribution in [3.05, 3.63) is 41.2 Å². The number of ether oxygens (including phenoxy) is 1. The van der Waals surface area contributed by atoms with Crippen molar-refractivity contribution in [3.8, 4) is 5.75 Å². The molecule has 1 N–H and O–H groups in total. The van der Waals surface area contributed by atoms with Gasteiger partial charge in [0.15, 0.2) is 11.4 Å². The van der Waals surface area contributed by atoms with Crippen LogP contribution in [0.25, 0.3) is 5.65 Å². The first-order valence-electron chi connectivity index (χ1n) is 11.7. The predicted octanol–water partition coefficient (Wildman–Crippen LogP) is 5.09. The smallest absolute Gasteiger partial charge is 0.433 e. The number of pyridine rings is 1. The Labute approximate surface area is 210 Å².